The molecular formula is C11H19NO4. The topological polar surface area (TPSA) is 66.8 Å². The number of aliphatic carboxylic acids is 1. The van der Waals surface area contributed by atoms with Crippen molar-refractivity contribution in [2.45, 2.75) is 32.7 Å². The lowest BCUT2D eigenvalue weighted by Gasteiger charge is -2.34. The lowest BCUT2D eigenvalue weighted by molar-refractivity contribution is -0.159. The average Bonchev–Trinajstić information content (AvgIpc) is 2.28. The maximum absolute atomic E-state index is 12.0. The van der Waals surface area contributed by atoms with Crippen LogP contribution in [0.1, 0.15) is 26.7 Å². The van der Waals surface area contributed by atoms with Crippen LogP contribution in [0.25, 0.3) is 0 Å². The predicted octanol–water partition coefficient (Wildman–Crippen LogP) is 0.735. The molecule has 1 heterocycles. The first-order valence-electron chi connectivity index (χ1n) is 5.45. The molecule has 0 aromatic rings. The summed E-state index contributed by atoms with van der Waals surface area (Å²) in [5.41, 5.74) is -1.35. The van der Waals surface area contributed by atoms with Gasteiger partial charge in [-0.1, -0.05) is 0 Å². The Bertz CT molecular complexity index is 282. The summed E-state index contributed by atoms with van der Waals surface area (Å²) in [6.45, 7) is 4.15. The summed E-state index contributed by atoms with van der Waals surface area (Å²) in [5, 5.41) is 8.99. The Labute approximate surface area is 95.4 Å². The second-order valence-electron chi connectivity index (χ2n) is 4.69. The van der Waals surface area contributed by atoms with E-state index in [0.717, 1.165) is 12.8 Å². The number of carboxylic acids is 1. The first-order chi connectivity index (χ1) is 7.37. The third-order valence-corrected chi connectivity index (χ3v) is 3.13. The zero-order valence-corrected chi connectivity index (χ0v) is 10.0. The molecule has 1 N–H and O–H groups in total. The lowest BCUT2D eigenvalue weighted by atomic mass is 9.90. The second kappa shape index (κ2) is 4.82. The monoisotopic (exact) mass is 229 g/mol. The fraction of sp³-hybridized carbons (Fsp3) is 0.818. The number of carbonyl (C=O) groups is 2. The minimum absolute atomic E-state index is 0.0971. The Hall–Kier alpha value is -1.10. The number of nitrogens with zero attached hydrogens (tertiary/aromatic N) is 1. The molecule has 16 heavy (non-hydrogen) atoms. The number of amides is 1. The van der Waals surface area contributed by atoms with Crippen molar-refractivity contribution >= 4 is 11.9 Å². The molecule has 1 saturated heterocycles. The van der Waals surface area contributed by atoms with Crippen molar-refractivity contribution in [1.82, 2.24) is 4.90 Å². The van der Waals surface area contributed by atoms with E-state index in [0.29, 0.717) is 13.2 Å². The van der Waals surface area contributed by atoms with Gasteiger partial charge < -0.3 is 14.7 Å². The molecule has 5 nitrogen and oxygen atoms in total. The summed E-state index contributed by atoms with van der Waals surface area (Å²) in [6.07, 6.45) is 1.55. The van der Waals surface area contributed by atoms with Crippen molar-refractivity contribution < 1.29 is 19.4 Å². The van der Waals surface area contributed by atoms with E-state index in [1.54, 1.807) is 11.9 Å². The normalized spacial score (nSPS) is 18.2. The highest BCUT2D eigenvalue weighted by atomic mass is 16.5. The minimum Gasteiger partial charge on any atom is -0.480 e. The number of hydrogen-bond acceptors (Lipinski definition) is 3. The molecule has 0 atom stereocenters. The third kappa shape index (κ3) is 2.52. The minimum atomic E-state index is -1.35. The van der Waals surface area contributed by atoms with Crippen LogP contribution in [0.2, 0.25) is 0 Å². The lowest BCUT2D eigenvalue weighted by Crippen LogP contribution is -2.49. The molecule has 1 aliphatic rings. The molecule has 0 radical (unpaired) electrons. The standard InChI is InChI=1S/C11H19NO4/c1-11(2,10(14)15)9(13)12(3)8-4-6-16-7-5-8/h8H,4-7H2,1-3H3,(H,14,15). The van der Waals surface area contributed by atoms with Crippen LogP contribution in [0.5, 0.6) is 0 Å². The van der Waals surface area contributed by atoms with Gasteiger partial charge >= 0.3 is 5.97 Å². The zero-order chi connectivity index (χ0) is 12.3. The summed E-state index contributed by atoms with van der Waals surface area (Å²) in [5.74, 6) is -1.43. The molecule has 92 valence electrons. The number of carboxylic acid groups (broad SMARTS) is 1. The Morgan fingerprint density at radius 2 is 1.81 bits per heavy atom. The van der Waals surface area contributed by atoms with E-state index in [4.69, 9.17) is 9.84 Å². The SMILES string of the molecule is CN(C(=O)C(C)(C)C(=O)O)C1CCOCC1. The Morgan fingerprint density at radius 1 is 1.31 bits per heavy atom. The van der Waals surface area contributed by atoms with Crippen LogP contribution >= 0.6 is 0 Å². The van der Waals surface area contributed by atoms with Crippen LogP contribution in [0.3, 0.4) is 0 Å². The van der Waals surface area contributed by atoms with E-state index in [2.05, 4.69) is 0 Å². The fourth-order valence-corrected chi connectivity index (χ4v) is 1.77. The van der Waals surface area contributed by atoms with E-state index >= 15 is 0 Å². The summed E-state index contributed by atoms with van der Waals surface area (Å²) in [4.78, 5) is 24.5. The predicted molar refractivity (Wildman–Crippen MR) is 58.0 cm³/mol. The van der Waals surface area contributed by atoms with Crippen molar-refractivity contribution in [2.24, 2.45) is 5.41 Å². The molecule has 0 spiro atoms. The first-order valence-corrected chi connectivity index (χ1v) is 5.45. The quantitative estimate of drug-likeness (QED) is 0.725. The molecule has 1 amide bonds. The highest BCUT2D eigenvalue weighted by molar-refractivity contribution is 6.00. The van der Waals surface area contributed by atoms with Crippen molar-refractivity contribution in [3.8, 4) is 0 Å². The van der Waals surface area contributed by atoms with Gasteiger partial charge in [-0.15, -0.1) is 0 Å². The highest BCUT2D eigenvalue weighted by Gasteiger charge is 2.40. The molecule has 1 rings (SSSR count). The van der Waals surface area contributed by atoms with Gasteiger partial charge in [-0.2, -0.15) is 0 Å². The maximum atomic E-state index is 12.0. The van der Waals surface area contributed by atoms with Crippen LogP contribution in [0.4, 0.5) is 0 Å². The van der Waals surface area contributed by atoms with E-state index in [-0.39, 0.29) is 11.9 Å². The van der Waals surface area contributed by atoms with Crippen LogP contribution in [0.15, 0.2) is 0 Å². The van der Waals surface area contributed by atoms with E-state index < -0.39 is 11.4 Å². The summed E-state index contributed by atoms with van der Waals surface area (Å²) in [6, 6.07) is 0.0971. The van der Waals surface area contributed by atoms with Gasteiger partial charge in [-0.25, -0.2) is 0 Å². The summed E-state index contributed by atoms with van der Waals surface area (Å²) >= 11 is 0. The van der Waals surface area contributed by atoms with Crippen molar-refractivity contribution in [3.05, 3.63) is 0 Å². The Balaban J connectivity index is 2.69. The van der Waals surface area contributed by atoms with Gasteiger partial charge in [0, 0.05) is 26.3 Å². The average molecular weight is 229 g/mol. The second-order valence-corrected chi connectivity index (χ2v) is 4.69. The van der Waals surface area contributed by atoms with E-state index in [1.807, 2.05) is 0 Å². The van der Waals surface area contributed by atoms with Gasteiger partial charge in [0.25, 0.3) is 0 Å². The van der Waals surface area contributed by atoms with Gasteiger partial charge in [0.2, 0.25) is 5.91 Å². The number of ether oxygens (including phenoxy) is 1. The van der Waals surface area contributed by atoms with Crippen LogP contribution < -0.4 is 0 Å². The van der Waals surface area contributed by atoms with Crippen LogP contribution in [-0.2, 0) is 14.3 Å². The van der Waals surface area contributed by atoms with E-state index in [9.17, 15) is 9.59 Å². The fourth-order valence-electron chi connectivity index (χ4n) is 1.77. The van der Waals surface area contributed by atoms with E-state index in [1.165, 1.54) is 13.8 Å². The molecule has 0 bridgehead atoms. The third-order valence-electron chi connectivity index (χ3n) is 3.13. The molecular weight excluding hydrogens is 210 g/mol. The molecule has 1 aliphatic heterocycles. The Kier molecular flexibility index (Phi) is 3.91. The Morgan fingerprint density at radius 3 is 2.25 bits per heavy atom. The largest absolute Gasteiger partial charge is 0.480 e. The van der Waals surface area contributed by atoms with Gasteiger partial charge in [-0.3, -0.25) is 9.59 Å². The van der Waals surface area contributed by atoms with Gasteiger partial charge in [-0.05, 0) is 26.7 Å². The van der Waals surface area contributed by atoms with Crippen molar-refractivity contribution in [2.75, 3.05) is 20.3 Å². The molecule has 0 saturated carbocycles. The number of carbonyl (C=O) groups excluding carboxylic acids is 1. The van der Waals surface area contributed by atoms with Gasteiger partial charge in [0.05, 0.1) is 0 Å². The van der Waals surface area contributed by atoms with Gasteiger partial charge in [0.1, 0.15) is 5.41 Å². The molecule has 0 aromatic carbocycles. The van der Waals surface area contributed by atoms with Crippen LogP contribution in [0, 0.1) is 5.41 Å². The molecule has 0 unspecified atom stereocenters. The van der Waals surface area contributed by atoms with Crippen LogP contribution in [-0.4, -0.2) is 48.2 Å². The van der Waals surface area contributed by atoms with Crippen molar-refractivity contribution in [3.63, 3.8) is 0 Å². The smallest absolute Gasteiger partial charge is 0.318 e. The maximum Gasteiger partial charge on any atom is 0.318 e. The summed E-state index contributed by atoms with van der Waals surface area (Å²) in [7, 11) is 1.67. The molecule has 0 aromatic heterocycles. The molecule has 1 fully saturated rings. The van der Waals surface area contributed by atoms with Gasteiger partial charge in [0.15, 0.2) is 0 Å². The molecule has 0 aliphatic carbocycles. The number of hydrogen-bond donors (Lipinski definition) is 1. The summed E-state index contributed by atoms with van der Waals surface area (Å²) < 4.78 is 5.21. The number of rotatable bonds is 3. The zero-order valence-electron chi connectivity index (χ0n) is 10.0. The molecule has 5 heteroatoms. The van der Waals surface area contributed by atoms with Crippen molar-refractivity contribution in [1.29, 1.82) is 0 Å². The highest BCUT2D eigenvalue weighted by Crippen LogP contribution is 2.22. The first kappa shape index (κ1) is 13.0.